The molecule has 0 aliphatic heterocycles. The lowest BCUT2D eigenvalue weighted by Gasteiger charge is -2.08. The van der Waals surface area contributed by atoms with E-state index in [1.54, 1.807) is 0 Å². The van der Waals surface area contributed by atoms with Crippen LogP contribution in [0.1, 0.15) is 17.7 Å². The van der Waals surface area contributed by atoms with Crippen LogP contribution in [0.25, 0.3) is 11.1 Å². The molecule has 17 heavy (non-hydrogen) atoms. The predicted octanol–water partition coefficient (Wildman–Crippen LogP) is 2.29. The summed E-state index contributed by atoms with van der Waals surface area (Å²) in [7, 11) is 1.99. The number of rotatable bonds is 4. The topological polar surface area (TPSA) is 43.8 Å². The predicted molar refractivity (Wildman–Crippen MR) is 70.8 cm³/mol. The minimum Gasteiger partial charge on any atom is -0.330 e. The molecular weight excluding hydrogens is 210 g/mol. The van der Waals surface area contributed by atoms with Gasteiger partial charge in [0.1, 0.15) is 0 Å². The van der Waals surface area contributed by atoms with E-state index in [2.05, 4.69) is 36.3 Å². The Balaban J connectivity index is 2.42. The van der Waals surface area contributed by atoms with Crippen molar-refractivity contribution in [2.45, 2.75) is 19.8 Å². The molecule has 1 aromatic carbocycles. The van der Waals surface area contributed by atoms with Gasteiger partial charge in [-0.2, -0.15) is 5.10 Å². The number of nitrogens with two attached hydrogens (primary N) is 1. The summed E-state index contributed by atoms with van der Waals surface area (Å²) in [5, 5.41) is 4.36. The molecule has 0 unspecified atom stereocenters. The van der Waals surface area contributed by atoms with Crippen molar-refractivity contribution in [3.63, 3.8) is 0 Å². The smallest absolute Gasteiger partial charge is 0.0571 e. The highest BCUT2D eigenvalue weighted by molar-refractivity contribution is 5.68. The summed E-state index contributed by atoms with van der Waals surface area (Å²) in [6, 6.07) is 8.42. The molecule has 0 saturated heterocycles. The molecule has 0 bridgehead atoms. The highest BCUT2D eigenvalue weighted by Crippen LogP contribution is 2.26. The Morgan fingerprint density at radius 3 is 2.71 bits per heavy atom. The number of aryl methyl sites for hydroxylation is 2. The standard InChI is InChI=1S/C14H19N3/c1-11-6-3-4-7-12(11)13-10-16-17(2)14(13)8-5-9-15/h3-4,6-7,10H,5,8-9,15H2,1-2H3. The largest absolute Gasteiger partial charge is 0.330 e. The highest BCUT2D eigenvalue weighted by Gasteiger charge is 2.11. The van der Waals surface area contributed by atoms with Gasteiger partial charge in [0.2, 0.25) is 0 Å². The monoisotopic (exact) mass is 229 g/mol. The van der Waals surface area contributed by atoms with Crippen molar-refractivity contribution in [2.24, 2.45) is 12.8 Å². The molecule has 0 amide bonds. The SMILES string of the molecule is Cc1ccccc1-c1cnn(C)c1CCCN. The summed E-state index contributed by atoms with van der Waals surface area (Å²) >= 11 is 0. The molecule has 0 aliphatic carbocycles. The van der Waals surface area contributed by atoms with E-state index in [4.69, 9.17) is 5.73 Å². The molecular formula is C14H19N3. The van der Waals surface area contributed by atoms with Gasteiger partial charge < -0.3 is 5.73 Å². The van der Waals surface area contributed by atoms with E-state index in [1.807, 2.05) is 17.9 Å². The average molecular weight is 229 g/mol. The maximum absolute atomic E-state index is 5.58. The lowest BCUT2D eigenvalue weighted by Crippen LogP contribution is -2.05. The first-order chi connectivity index (χ1) is 8.24. The first-order valence-corrected chi connectivity index (χ1v) is 6.01. The van der Waals surface area contributed by atoms with Crippen molar-refractivity contribution in [3.8, 4) is 11.1 Å². The van der Waals surface area contributed by atoms with Crippen LogP contribution >= 0.6 is 0 Å². The Labute approximate surface area is 102 Å². The fourth-order valence-corrected chi connectivity index (χ4v) is 2.13. The number of hydrogen-bond donors (Lipinski definition) is 1. The molecule has 2 aromatic rings. The molecule has 0 radical (unpaired) electrons. The maximum Gasteiger partial charge on any atom is 0.0571 e. The molecule has 0 spiro atoms. The van der Waals surface area contributed by atoms with Crippen LogP contribution < -0.4 is 5.73 Å². The third-order valence-electron chi connectivity index (χ3n) is 3.11. The van der Waals surface area contributed by atoms with Crippen LogP contribution in [0.15, 0.2) is 30.5 Å². The van der Waals surface area contributed by atoms with Gasteiger partial charge in [0.05, 0.1) is 6.20 Å². The Morgan fingerprint density at radius 2 is 2.00 bits per heavy atom. The van der Waals surface area contributed by atoms with Gasteiger partial charge in [-0.05, 0) is 37.4 Å². The van der Waals surface area contributed by atoms with Crippen molar-refractivity contribution >= 4 is 0 Å². The zero-order valence-electron chi connectivity index (χ0n) is 10.5. The van der Waals surface area contributed by atoms with Gasteiger partial charge in [-0.15, -0.1) is 0 Å². The van der Waals surface area contributed by atoms with E-state index in [1.165, 1.54) is 22.4 Å². The Kier molecular flexibility index (Phi) is 3.59. The van der Waals surface area contributed by atoms with Gasteiger partial charge in [-0.25, -0.2) is 0 Å². The number of nitrogens with zero attached hydrogens (tertiary/aromatic N) is 2. The number of benzene rings is 1. The van der Waals surface area contributed by atoms with Gasteiger partial charge in [-0.3, -0.25) is 4.68 Å². The van der Waals surface area contributed by atoms with Crippen LogP contribution in [-0.2, 0) is 13.5 Å². The molecule has 1 aromatic heterocycles. The van der Waals surface area contributed by atoms with Crippen molar-refractivity contribution in [1.82, 2.24) is 9.78 Å². The Bertz CT molecular complexity index is 500. The van der Waals surface area contributed by atoms with E-state index >= 15 is 0 Å². The van der Waals surface area contributed by atoms with Gasteiger partial charge in [-0.1, -0.05) is 24.3 Å². The van der Waals surface area contributed by atoms with E-state index in [0.29, 0.717) is 0 Å². The van der Waals surface area contributed by atoms with Gasteiger partial charge in [0.15, 0.2) is 0 Å². The van der Waals surface area contributed by atoms with Crippen LogP contribution in [0.3, 0.4) is 0 Å². The van der Waals surface area contributed by atoms with Crippen LogP contribution in [0.5, 0.6) is 0 Å². The Hall–Kier alpha value is -1.61. The first kappa shape index (κ1) is 11.9. The molecule has 1 heterocycles. The van der Waals surface area contributed by atoms with Gasteiger partial charge >= 0.3 is 0 Å². The van der Waals surface area contributed by atoms with Crippen molar-refractivity contribution in [1.29, 1.82) is 0 Å². The summed E-state index contributed by atoms with van der Waals surface area (Å²) in [6.07, 6.45) is 3.93. The van der Waals surface area contributed by atoms with E-state index < -0.39 is 0 Å². The molecule has 0 saturated carbocycles. The van der Waals surface area contributed by atoms with E-state index in [0.717, 1.165) is 19.4 Å². The Morgan fingerprint density at radius 1 is 1.24 bits per heavy atom. The summed E-state index contributed by atoms with van der Waals surface area (Å²) < 4.78 is 1.96. The lowest BCUT2D eigenvalue weighted by atomic mass is 9.99. The fourth-order valence-electron chi connectivity index (χ4n) is 2.13. The summed E-state index contributed by atoms with van der Waals surface area (Å²) in [5.74, 6) is 0. The van der Waals surface area contributed by atoms with Crippen molar-refractivity contribution in [2.75, 3.05) is 6.54 Å². The second-order valence-corrected chi connectivity index (χ2v) is 4.34. The summed E-state index contributed by atoms with van der Waals surface area (Å²) in [5.41, 5.74) is 10.6. The van der Waals surface area contributed by atoms with Crippen LogP contribution in [0.2, 0.25) is 0 Å². The fraction of sp³-hybridized carbons (Fsp3) is 0.357. The molecule has 2 rings (SSSR count). The molecule has 0 fully saturated rings. The van der Waals surface area contributed by atoms with E-state index in [-0.39, 0.29) is 0 Å². The van der Waals surface area contributed by atoms with Crippen molar-refractivity contribution in [3.05, 3.63) is 41.7 Å². The summed E-state index contributed by atoms with van der Waals surface area (Å²) in [4.78, 5) is 0. The molecule has 2 N–H and O–H groups in total. The maximum atomic E-state index is 5.58. The summed E-state index contributed by atoms with van der Waals surface area (Å²) in [6.45, 7) is 2.85. The van der Waals surface area contributed by atoms with Gasteiger partial charge in [0.25, 0.3) is 0 Å². The third kappa shape index (κ3) is 2.39. The molecule has 3 nitrogen and oxygen atoms in total. The number of aromatic nitrogens is 2. The van der Waals surface area contributed by atoms with Gasteiger partial charge in [0, 0.05) is 18.3 Å². The van der Waals surface area contributed by atoms with Crippen LogP contribution in [0.4, 0.5) is 0 Å². The zero-order chi connectivity index (χ0) is 12.3. The second-order valence-electron chi connectivity index (χ2n) is 4.34. The minimum absolute atomic E-state index is 0.721. The molecule has 3 heteroatoms. The quantitative estimate of drug-likeness (QED) is 0.874. The van der Waals surface area contributed by atoms with Crippen LogP contribution in [-0.4, -0.2) is 16.3 Å². The zero-order valence-corrected chi connectivity index (χ0v) is 10.5. The first-order valence-electron chi connectivity index (χ1n) is 6.01. The molecule has 0 aliphatic rings. The number of hydrogen-bond acceptors (Lipinski definition) is 2. The molecule has 0 atom stereocenters. The van der Waals surface area contributed by atoms with E-state index in [9.17, 15) is 0 Å². The highest BCUT2D eigenvalue weighted by atomic mass is 15.3. The third-order valence-corrected chi connectivity index (χ3v) is 3.11. The molecule has 90 valence electrons. The lowest BCUT2D eigenvalue weighted by molar-refractivity contribution is 0.687. The average Bonchev–Trinajstić information content (AvgIpc) is 2.69. The normalized spacial score (nSPS) is 10.8. The minimum atomic E-state index is 0.721. The van der Waals surface area contributed by atoms with Crippen molar-refractivity contribution < 1.29 is 0 Å². The second kappa shape index (κ2) is 5.15. The van der Waals surface area contributed by atoms with Crippen LogP contribution in [0, 0.1) is 6.92 Å².